The minimum atomic E-state index is 0.789. The lowest BCUT2D eigenvalue weighted by molar-refractivity contribution is 0.0657. The van der Waals surface area contributed by atoms with E-state index >= 15 is 0 Å². The SMILES string of the molecule is CCC1(C2CCCC2)CCC1I. The van der Waals surface area contributed by atoms with Gasteiger partial charge in [-0.25, -0.2) is 0 Å². The minimum Gasteiger partial charge on any atom is -0.0820 e. The lowest BCUT2D eigenvalue weighted by Crippen LogP contribution is -2.45. The normalized spacial score (nSPS) is 43.0. The molecule has 0 nitrogen and oxygen atoms in total. The lowest BCUT2D eigenvalue weighted by atomic mass is 9.59. The van der Waals surface area contributed by atoms with Crippen LogP contribution < -0.4 is 0 Å². The summed E-state index contributed by atoms with van der Waals surface area (Å²) in [4.78, 5) is 0. The average Bonchev–Trinajstić information content (AvgIpc) is 2.57. The van der Waals surface area contributed by atoms with E-state index in [1.165, 1.54) is 44.9 Å². The molecule has 0 amide bonds. The molecule has 0 heterocycles. The highest BCUT2D eigenvalue weighted by Gasteiger charge is 2.49. The second-order valence-corrected chi connectivity index (χ2v) is 6.08. The van der Waals surface area contributed by atoms with Crippen molar-refractivity contribution in [3.05, 3.63) is 0 Å². The molecular weight excluding hydrogens is 259 g/mol. The molecule has 0 bridgehead atoms. The van der Waals surface area contributed by atoms with Gasteiger partial charge in [-0.1, -0.05) is 42.4 Å². The highest BCUT2D eigenvalue weighted by Crippen LogP contribution is 2.58. The highest BCUT2D eigenvalue weighted by atomic mass is 127. The fourth-order valence-electron chi connectivity index (χ4n) is 3.27. The fraction of sp³-hybridized carbons (Fsp3) is 1.00. The molecule has 0 aromatic heterocycles. The summed E-state index contributed by atoms with van der Waals surface area (Å²) in [6.45, 7) is 2.41. The van der Waals surface area contributed by atoms with Crippen molar-refractivity contribution in [2.24, 2.45) is 11.3 Å². The molecule has 0 saturated heterocycles. The van der Waals surface area contributed by atoms with Gasteiger partial charge in [0.25, 0.3) is 0 Å². The van der Waals surface area contributed by atoms with E-state index in [4.69, 9.17) is 0 Å². The van der Waals surface area contributed by atoms with Crippen molar-refractivity contribution in [2.75, 3.05) is 0 Å². The fourth-order valence-corrected chi connectivity index (χ4v) is 4.84. The summed E-state index contributed by atoms with van der Waals surface area (Å²) in [5.41, 5.74) is 0.789. The van der Waals surface area contributed by atoms with E-state index in [2.05, 4.69) is 29.5 Å². The molecule has 1 heteroatoms. The van der Waals surface area contributed by atoms with Crippen LogP contribution in [0.15, 0.2) is 0 Å². The molecule has 2 aliphatic rings. The lowest BCUT2D eigenvalue weighted by Gasteiger charge is -2.51. The molecule has 70 valence electrons. The van der Waals surface area contributed by atoms with Crippen molar-refractivity contribution in [3.8, 4) is 0 Å². The number of rotatable bonds is 2. The van der Waals surface area contributed by atoms with Crippen LogP contribution in [0.1, 0.15) is 51.9 Å². The van der Waals surface area contributed by atoms with Crippen LogP contribution in [-0.4, -0.2) is 3.92 Å². The van der Waals surface area contributed by atoms with E-state index < -0.39 is 0 Å². The second kappa shape index (κ2) is 3.47. The molecule has 12 heavy (non-hydrogen) atoms. The monoisotopic (exact) mass is 278 g/mol. The Kier molecular flexibility index (Phi) is 2.69. The Morgan fingerprint density at radius 2 is 1.92 bits per heavy atom. The van der Waals surface area contributed by atoms with E-state index in [-0.39, 0.29) is 0 Å². The van der Waals surface area contributed by atoms with Gasteiger partial charge in [0, 0.05) is 3.92 Å². The average molecular weight is 278 g/mol. The van der Waals surface area contributed by atoms with Gasteiger partial charge in [-0.3, -0.25) is 0 Å². The number of alkyl halides is 1. The van der Waals surface area contributed by atoms with Crippen LogP contribution in [0.2, 0.25) is 0 Å². The molecule has 2 aliphatic carbocycles. The molecular formula is C11H19I. The summed E-state index contributed by atoms with van der Waals surface area (Å²) < 4.78 is 1.00. The van der Waals surface area contributed by atoms with Gasteiger partial charge in [0.1, 0.15) is 0 Å². The topological polar surface area (TPSA) is 0 Å². The molecule has 2 saturated carbocycles. The zero-order chi connectivity index (χ0) is 8.60. The molecule has 2 fully saturated rings. The maximum absolute atomic E-state index is 2.70. The Labute approximate surface area is 89.6 Å². The maximum atomic E-state index is 2.70. The third-order valence-electron chi connectivity index (χ3n) is 4.31. The van der Waals surface area contributed by atoms with Crippen LogP contribution >= 0.6 is 22.6 Å². The molecule has 2 unspecified atom stereocenters. The van der Waals surface area contributed by atoms with Crippen molar-refractivity contribution >= 4 is 22.6 Å². The third kappa shape index (κ3) is 1.23. The van der Waals surface area contributed by atoms with E-state index in [1.807, 2.05) is 0 Å². The molecule has 0 radical (unpaired) electrons. The van der Waals surface area contributed by atoms with Gasteiger partial charge in [-0.15, -0.1) is 0 Å². The predicted molar refractivity (Wildman–Crippen MR) is 61.7 cm³/mol. The third-order valence-corrected chi connectivity index (χ3v) is 6.18. The van der Waals surface area contributed by atoms with Crippen molar-refractivity contribution < 1.29 is 0 Å². The van der Waals surface area contributed by atoms with Crippen LogP contribution in [0.4, 0.5) is 0 Å². The van der Waals surface area contributed by atoms with Crippen molar-refractivity contribution in [2.45, 2.75) is 55.8 Å². The molecule has 2 atom stereocenters. The van der Waals surface area contributed by atoms with Gasteiger partial charge in [0.2, 0.25) is 0 Å². The van der Waals surface area contributed by atoms with Crippen LogP contribution in [0.5, 0.6) is 0 Å². The number of hydrogen-bond acceptors (Lipinski definition) is 0. The van der Waals surface area contributed by atoms with Crippen molar-refractivity contribution in [1.82, 2.24) is 0 Å². The Bertz CT molecular complexity index is 156. The first-order valence-corrected chi connectivity index (χ1v) is 6.68. The van der Waals surface area contributed by atoms with Gasteiger partial charge in [0.15, 0.2) is 0 Å². The number of hydrogen-bond donors (Lipinski definition) is 0. The molecule has 0 spiro atoms. The Morgan fingerprint density at radius 1 is 1.25 bits per heavy atom. The summed E-state index contributed by atoms with van der Waals surface area (Å²) in [7, 11) is 0. The first-order valence-electron chi connectivity index (χ1n) is 5.43. The van der Waals surface area contributed by atoms with Crippen LogP contribution in [0.25, 0.3) is 0 Å². The molecule has 0 N–H and O–H groups in total. The first kappa shape index (κ1) is 9.29. The number of halogens is 1. The Morgan fingerprint density at radius 3 is 2.25 bits per heavy atom. The summed E-state index contributed by atoms with van der Waals surface area (Å²) >= 11 is 2.70. The smallest absolute Gasteiger partial charge is 0.0169 e. The van der Waals surface area contributed by atoms with Crippen LogP contribution in [0, 0.1) is 11.3 Å². The highest BCUT2D eigenvalue weighted by molar-refractivity contribution is 14.1. The quantitative estimate of drug-likeness (QED) is 0.525. The zero-order valence-corrected chi connectivity index (χ0v) is 10.1. The molecule has 0 aromatic rings. The first-order chi connectivity index (χ1) is 5.79. The van der Waals surface area contributed by atoms with Crippen LogP contribution in [0.3, 0.4) is 0 Å². The van der Waals surface area contributed by atoms with Gasteiger partial charge in [0.05, 0.1) is 0 Å². The van der Waals surface area contributed by atoms with E-state index in [1.54, 1.807) is 0 Å². The second-order valence-electron chi connectivity index (χ2n) is 4.57. The Hall–Kier alpha value is 0.730. The summed E-state index contributed by atoms with van der Waals surface area (Å²) in [6.07, 6.45) is 10.5. The Balaban J connectivity index is 2.06. The summed E-state index contributed by atoms with van der Waals surface area (Å²) in [5, 5.41) is 0. The molecule has 2 rings (SSSR count). The van der Waals surface area contributed by atoms with Gasteiger partial charge in [-0.05, 0) is 43.4 Å². The van der Waals surface area contributed by atoms with Crippen molar-refractivity contribution in [3.63, 3.8) is 0 Å². The van der Waals surface area contributed by atoms with Crippen LogP contribution in [-0.2, 0) is 0 Å². The summed E-state index contributed by atoms with van der Waals surface area (Å²) in [5.74, 6) is 1.10. The van der Waals surface area contributed by atoms with E-state index in [0.717, 1.165) is 15.3 Å². The largest absolute Gasteiger partial charge is 0.0820 e. The summed E-state index contributed by atoms with van der Waals surface area (Å²) in [6, 6.07) is 0. The minimum absolute atomic E-state index is 0.789. The van der Waals surface area contributed by atoms with Gasteiger partial charge >= 0.3 is 0 Å². The standard InChI is InChI=1S/C11H19I/c1-2-11(8-7-10(11)12)9-5-3-4-6-9/h9-10H,2-8H2,1H3. The predicted octanol–water partition coefficient (Wildman–Crippen LogP) is 4.17. The van der Waals surface area contributed by atoms with Gasteiger partial charge < -0.3 is 0 Å². The van der Waals surface area contributed by atoms with E-state index in [9.17, 15) is 0 Å². The maximum Gasteiger partial charge on any atom is 0.0169 e. The van der Waals surface area contributed by atoms with E-state index in [0.29, 0.717) is 0 Å². The van der Waals surface area contributed by atoms with Crippen molar-refractivity contribution in [1.29, 1.82) is 0 Å². The molecule has 0 aromatic carbocycles. The zero-order valence-electron chi connectivity index (χ0n) is 7.98. The van der Waals surface area contributed by atoms with Gasteiger partial charge in [-0.2, -0.15) is 0 Å². The molecule has 0 aliphatic heterocycles.